The normalized spacial score (nSPS) is 12.7. The van der Waals surface area contributed by atoms with E-state index in [1.807, 2.05) is 20.8 Å². The Labute approximate surface area is 104 Å². The van der Waals surface area contributed by atoms with Gasteiger partial charge >= 0.3 is 0 Å². The van der Waals surface area contributed by atoms with Crippen LogP contribution in [0, 0.1) is 20.8 Å². The molecule has 0 atom stereocenters. The lowest BCUT2D eigenvalue weighted by atomic mass is 10.1. The zero-order chi connectivity index (χ0) is 13.2. The van der Waals surface area contributed by atoms with Crippen molar-refractivity contribution in [3.63, 3.8) is 0 Å². The molecule has 0 unspecified atom stereocenters. The number of guanidine groups is 1. The molecule has 3 heteroatoms. The highest BCUT2D eigenvalue weighted by molar-refractivity contribution is 5.94. The van der Waals surface area contributed by atoms with Crippen molar-refractivity contribution in [2.45, 2.75) is 47.1 Å². The van der Waals surface area contributed by atoms with Gasteiger partial charge in [-0.05, 0) is 52.7 Å². The second-order valence-electron chi connectivity index (χ2n) is 5.57. The summed E-state index contributed by atoms with van der Waals surface area (Å²) in [5.74, 6) is 0.465. The van der Waals surface area contributed by atoms with Crippen molar-refractivity contribution in [1.29, 1.82) is 0 Å². The summed E-state index contributed by atoms with van der Waals surface area (Å²) in [4.78, 5) is 4.39. The molecule has 0 aliphatic rings. The summed E-state index contributed by atoms with van der Waals surface area (Å²) in [6, 6.07) is 4.28. The Morgan fingerprint density at radius 2 is 1.59 bits per heavy atom. The summed E-state index contributed by atoms with van der Waals surface area (Å²) in [6.45, 7) is 12.3. The lowest BCUT2D eigenvalue weighted by molar-refractivity contribution is 0.583. The van der Waals surface area contributed by atoms with E-state index < -0.39 is 0 Å². The van der Waals surface area contributed by atoms with E-state index in [4.69, 9.17) is 5.73 Å². The van der Waals surface area contributed by atoms with E-state index in [1.54, 1.807) is 0 Å². The number of aryl methyl sites for hydroxylation is 3. The quantitative estimate of drug-likeness (QED) is 0.578. The third-order valence-corrected chi connectivity index (χ3v) is 2.39. The molecule has 0 amide bonds. The summed E-state index contributed by atoms with van der Waals surface area (Å²) in [5.41, 5.74) is 10.4. The summed E-state index contributed by atoms with van der Waals surface area (Å²) in [7, 11) is 0. The molecule has 3 N–H and O–H groups in total. The predicted molar refractivity (Wildman–Crippen MR) is 75.7 cm³/mol. The van der Waals surface area contributed by atoms with E-state index in [9.17, 15) is 0 Å². The lowest BCUT2D eigenvalue weighted by Crippen LogP contribution is -2.28. The van der Waals surface area contributed by atoms with Crippen molar-refractivity contribution in [3.05, 3.63) is 28.8 Å². The highest BCUT2D eigenvalue weighted by Gasteiger charge is 2.10. The molecule has 0 spiro atoms. The van der Waals surface area contributed by atoms with E-state index >= 15 is 0 Å². The molecular weight excluding hydrogens is 210 g/mol. The molecule has 0 radical (unpaired) electrons. The minimum Gasteiger partial charge on any atom is -0.370 e. The molecular formula is C14H23N3. The van der Waals surface area contributed by atoms with Gasteiger partial charge in [0.2, 0.25) is 0 Å². The van der Waals surface area contributed by atoms with Crippen LogP contribution < -0.4 is 11.1 Å². The molecule has 0 aliphatic heterocycles. The molecule has 3 nitrogen and oxygen atoms in total. The molecule has 0 saturated carbocycles. The number of benzene rings is 1. The molecule has 1 rings (SSSR count). The summed E-state index contributed by atoms with van der Waals surface area (Å²) < 4.78 is 0. The van der Waals surface area contributed by atoms with Gasteiger partial charge in [0.25, 0.3) is 0 Å². The predicted octanol–water partition coefficient (Wildman–Crippen LogP) is 3.14. The summed E-state index contributed by atoms with van der Waals surface area (Å²) >= 11 is 0. The molecule has 1 aromatic carbocycles. The van der Waals surface area contributed by atoms with Gasteiger partial charge in [0.15, 0.2) is 5.96 Å². The summed E-state index contributed by atoms with van der Waals surface area (Å²) in [6.07, 6.45) is 0. The van der Waals surface area contributed by atoms with Crippen LogP contribution >= 0.6 is 0 Å². The number of rotatable bonds is 1. The minimum atomic E-state index is -0.163. The van der Waals surface area contributed by atoms with Gasteiger partial charge in [-0.15, -0.1) is 0 Å². The smallest absolute Gasteiger partial charge is 0.193 e. The minimum absolute atomic E-state index is 0.163. The maximum absolute atomic E-state index is 5.91. The van der Waals surface area contributed by atoms with Crippen LogP contribution in [0.4, 0.5) is 5.69 Å². The van der Waals surface area contributed by atoms with Gasteiger partial charge in [0, 0.05) is 5.69 Å². The average molecular weight is 233 g/mol. The average Bonchev–Trinajstić information content (AvgIpc) is 2.08. The Kier molecular flexibility index (Phi) is 3.81. The second kappa shape index (κ2) is 4.78. The van der Waals surface area contributed by atoms with Crippen LogP contribution in [-0.2, 0) is 0 Å². The molecule has 0 aliphatic carbocycles. The number of hydrogen-bond donors (Lipinski definition) is 2. The fourth-order valence-electron chi connectivity index (χ4n) is 1.89. The maximum atomic E-state index is 5.91. The van der Waals surface area contributed by atoms with Gasteiger partial charge in [-0.1, -0.05) is 17.7 Å². The molecule has 0 aromatic heterocycles. The number of nitrogens with two attached hydrogens (primary N) is 1. The highest BCUT2D eigenvalue weighted by atomic mass is 15.1. The lowest BCUT2D eigenvalue weighted by Gasteiger charge is -2.17. The first-order chi connectivity index (χ1) is 7.69. The molecule has 94 valence electrons. The van der Waals surface area contributed by atoms with E-state index in [1.165, 1.54) is 16.7 Å². The number of hydrogen-bond acceptors (Lipinski definition) is 1. The third-order valence-electron chi connectivity index (χ3n) is 2.39. The number of nitrogens with zero attached hydrogens (tertiary/aromatic N) is 1. The summed E-state index contributed by atoms with van der Waals surface area (Å²) in [5, 5.41) is 3.19. The van der Waals surface area contributed by atoms with Crippen molar-refractivity contribution < 1.29 is 0 Å². The van der Waals surface area contributed by atoms with Crippen LogP contribution in [0.25, 0.3) is 0 Å². The fraction of sp³-hybridized carbons (Fsp3) is 0.500. The zero-order valence-corrected chi connectivity index (χ0v) is 11.7. The van der Waals surface area contributed by atoms with Crippen LogP contribution in [0.1, 0.15) is 37.5 Å². The molecule has 0 fully saturated rings. The van der Waals surface area contributed by atoms with Crippen LogP contribution in [0.2, 0.25) is 0 Å². The van der Waals surface area contributed by atoms with Crippen LogP contribution in [0.3, 0.4) is 0 Å². The Hall–Kier alpha value is -1.51. The molecule has 17 heavy (non-hydrogen) atoms. The highest BCUT2D eigenvalue weighted by Crippen LogP contribution is 2.21. The zero-order valence-electron chi connectivity index (χ0n) is 11.7. The van der Waals surface area contributed by atoms with E-state index in [2.05, 4.69) is 43.2 Å². The monoisotopic (exact) mass is 233 g/mol. The second-order valence-corrected chi connectivity index (χ2v) is 5.57. The van der Waals surface area contributed by atoms with Crippen molar-refractivity contribution in [1.82, 2.24) is 0 Å². The first-order valence-electron chi connectivity index (χ1n) is 5.89. The molecule has 0 heterocycles. The van der Waals surface area contributed by atoms with Gasteiger partial charge in [0.1, 0.15) is 0 Å². The molecule has 1 aromatic rings. The number of nitrogens with one attached hydrogen (secondary N) is 1. The Morgan fingerprint density at radius 3 is 2.00 bits per heavy atom. The van der Waals surface area contributed by atoms with Crippen molar-refractivity contribution in [2.24, 2.45) is 10.7 Å². The van der Waals surface area contributed by atoms with Crippen LogP contribution in [0.5, 0.6) is 0 Å². The number of aliphatic imine (C=N–C) groups is 1. The van der Waals surface area contributed by atoms with Gasteiger partial charge < -0.3 is 11.1 Å². The van der Waals surface area contributed by atoms with Crippen LogP contribution in [-0.4, -0.2) is 11.5 Å². The first-order valence-corrected chi connectivity index (χ1v) is 5.89. The van der Waals surface area contributed by atoms with Gasteiger partial charge in [-0.25, -0.2) is 4.99 Å². The molecule has 0 saturated heterocycles. The first kappa shape index (κ1) is 13.6. The Morgan fingerprint density at radius 1 is 1.12 bits per heavy atom. The van der Waals surface area contributed by atoms with E-state index in [-0.39, 0.29) is 5.54 Å². The van der Waals surface area contributed by atoms with Gasteiger partial charge in [-0.3, -0.25) is 0 Å². The number of anilines is 1. The van der Waals surface area contributed by atoms with Crippen molar-refractivity contribution in [2.75, 3.05) is 5.32 Å². The van der Waals surface area contributed by atoms with Crippen molar-refractivity contribution in [3.8, 4) is 0 Å². The maximum Gasteiger partial charge on any atom is 0.193 e. The largest absolute Gasteiger partial charge is 0.370 e. The third kappa shape index (κ3) is 4.10. The fourth-order valence-corrected chi connectivity index (χ4v) is 1.89. The van der Waals surface area contributed by atoms with E-state index in [0.717, 1.165) is 5.69 Å². The van der Waals surface area contributed by atoms with Gasteiger partial charge in [-0.2, -0.15) is 0 Å². The SMILES string of the molecule is Cc1cc(C)c(NC(N)=NC(C)(C)C)c(C)c1. The molecule has 0 bridgehead atoms. The Balaban J connectivity index is 3.01. The van der Waals surface area contributed by atoms with Crippen molar-refractivity contribution >= 4 is 11.6 Å². The standard InChI is InChI=1S/C14H23N3/c1-9-7-10(2)12(11(3)8-9)16-13(15)17-14(4,5)6/h7-8H,1-6H3,(H3,15,16,17). The Bertz CT molecular complexity index is 416. The van der Waals surface area contributed by atoms with E-state index in [0.29, 0.717) is 5.96 Å². The van der Waals surface area contributed by atoms with Crippen LogP contribution in [0.15, 0.2) is 17.1 Å². The van der Waals surface area contributed by atoms with Gasteiger partial charge in [0.05, 0.1) is 5.54 Å². The topological polar surface area (TPSA) is 50.4 Å².